The smallest absolute Gasteiger partial charge is 0.233 e. The number of nitrogens with one attached hydrogen (secondary N) is 1. The summed E-state index contributed by atoms with van der Waals surface area (Å²) in [7, 11) is 0. The molecule has 1 aromatic rings. The van der Waals surface area contributed by atoms with E-state index in [4.69, 9.17) is 22.7 Å². The number of carbonyl (C=O) groups is 1. The second-order valence-electron chi connectivity index (χ2n) is 4.59. The Morgan fingerprint density at radius 2 is 2.32 bits per heavy atom. The first-order chi connectivity index (χ1) is 9.04. The second kappa shape index (κ2) is 5.94. The number of nitrogens with zero attached hydrogens (tertiary/aromatic N) is 1. The molecule has 0 aliphatic carbocycles. The summed E-state index contributed by atoms with van der Waals surface area (Å²) in [6, 6.07) is 0. The summed E-state index contributed by atoms with van der Waals surface area (Å²) in [5, 5.41) is 3.90. The SMILES string of the molecule is Cc1ncc(CNC(=O)C2(C(N)=S)CCOCC2)s1. The Morgan fingerprint density at radius 3 is 2.84 bits per heavy atom. The van der Waals surface area contributed by atoms with Gasteiger partial charge in [0.15, 0.2) is 0 Å². The molecule has 104 valence electrons. The van der Waals surface area contributed by atoms with Crippen LogP contribution in [0.4, 0.5) is 0 Å². The largest absolute Gasteiger partial charge is 0.392 e. The Balaban J connectivity index is 2.02. The van der Waals surface area contributed by atoms with E-state index in [0.29, 0.717) is 32.6 Å². The molecule has 5 nitrogen and oxygen atoms in total. The zero-order valence-corrected chi connectivity index (χ0v) is 12.4. The van der Waals surface area contributed by atoms with Gasteiger partial charge in [-0.05, 0) is 19.8 Å². The van der Waals surface area contributed by atoms with Crippen molar-refractivity contribution in [2.45, 2.75) is 26.3 Å². The van der Waals surface area contributed by atoms with Crippen LogP contribution in [0.1, 0.15) is 22.7 Å². The first kappa shape index (κ1) is 14.4. The van der Waals surface area contributed by atoms with E-state index < -0.39 is 5.41 Å². The molecule has 0 aromatic carbocycles. The molecule has 2 rings (SSSR count). The highest BCUT2D eigenvalue weighted by molar-refractivity contribution is 7.80. The van der Waals surface area contributed by atoms with Gasteiger partial charge in [-0.1, -0.05) is 12.2 Å². The number of ether oxygens (including phenoxy) is 1. The van der Waals surface area contributed by atoms with Crippen LogP contribution in [0.5, 0.6) is 0 Å². The average Bonchev–Trinajstić information content (AvgIpc) is 2.82. The van der Waals surface area contributed by atoms with Crippen molar-refractivity contribution < 1.29 is 9.53 Å². The summed E-state index contributed by atoms with van der Waals surface area (Å²) in [6.07, 6.45) is 2.88. The first-order valence-corrected chi connectivity index (χ1v) is 7.34. The maximum Gasteiger partial charge on any atom is 0.233 e. The van der Waals surface area contributed by atoms with Gasteiger partial charge >= 0.3 is 0 Å². The molecule has 0 radical (unpaired) electrons. The van der Waals surface area contributed by atoms with Crippen LogP contribution in [-0.2, 0) is 16.1 Å². The molecule has 1 aliphatic rings. The molecule has 1 saturated heterocycles. The maximum absolute atomic E-state index is 12.4. The molecule has 1 aliphatic heterocycles. The number of carbonyl (C=O) groups excluding carboxylic acids is 1. The molecule has 0 saturated carbocycles. The van der Waals surface area contributed by atoms with Crippen molar-refractivity contribution in [2.75, 3.05) is 13.2 Å². The van der Waals surface area contributed by atoms with Crippen molar-refractivity contribution in [1.29, 1.82) is 0 Å². The van der Waals surface area contributed by atoms with Crippen molar-refractivity contribution in [3.63, 3.8) is 0 Å². The Morgan fingerprint density at radius 1 is 1.63 bits per heavy atom. The van der Waals surface area contributed by atoms with Gasteiger partial charge in [-0.25, -0.2) is 4.98 Å². The van der Waals surface area contributed by atoms with E-state index in [2.05, 4.69) is 10.3 Å². The van der Waals surface area contributed by atoms with Crippen LogP contribution in [0, 0.1) is 12.3 Å². The third-order valence-electron chi connectivity index (χ3n) is 3.34. The van der Waals surface area contributed by atoms with Crippen LogP contribution in [0.25, 0.3) is 0 Å². The molecule has 2 heterocycles. The van der Waals surface area contributed by atoms with Crippen molar-refractivity contribution in [3.8, 4) is 0 Å². The van der Waals surface area contributed by atoms with Crippen molar-refractivity contribution in [3.05, 3.63) is 16.1 Å². The van der Waals surface area contributed by atoms with Crippen LogP contribution < -0.4 is 11.1 Å². The van der Waals surface area contributed by atoms with Gasteiger partial charge in [-0.2, -0.15) is 0 Å². The standard InChI is InChI=1S/C12H17N3O2S2/c1-8-14-6-9(19-8)7-15-11(16)12(10(13)18)2-4-17-5-3-12/h6H,2-5,7H2,1H3,(H2,13,18)(H,15,16). The van der Waals surface area contributed by atoms with Crippen LogP contribution in [-0.4, -0.2) is 29.1 Å². The molecule has 1 aromatic heterocycles. The van der Waals surface area contributed by atoms with Crippen LogP contribution in [0.2, 0.25) is 0 Å². The molecular formula is C12H17N3O2S2. The summed E-state index contributed by atoms with van der Waals surface area (Å²) in [6.45, 7) is 3.44. The van der Waals surface area contributed by atoms with Gasteiger partial charge in [0.2, 0.25) is 5.91 Å². The summed E-state index contributed by atoms with van der Waals surface area (Å²) < 4.78 is 5.29. The third-order valence-corrected chi connectivity index (χ3v) is 4.65. The highest BCUT2D eigenvalue weighted by Crippen LogP contribution is 2.31. The molecule has 1 fully saturated rings. The van der Waals surface area contributed by atoms with Crippen LogP contribution in [0.3, 0.4) is 0 Å². The number of hydrogen-bond donors (Lipinski definition) is 2. The minimum atomic E-state index is -0.757. The van der Waals surface area contributed by atoms with E-state index in [1.165, 1.54) is 0 Å². The Bertz CT molecular complexity index is 481. The predicted molar refractivity (Wildman–Crippen MR) is 78.0 cm³/mol. The van der Waals surface area contributed by atoms with Crippen molar-refractivity contribution >= 4 is 34.5 Å². The maximum atomic E-state index is 12.4. The minimum Gasteiger partial charge on any atom is -0.392 e. The number of aromatic nitrogens is 1. The molecule has 0 bridgehead atoms. The minimum absolute atomic E-state index is 0.102. The van der Waals surface area contributed by atoms with Crippen molar-refractivity contribution in [2.24, 2.45) is 11.1 Å². The van der Waals surface area contributed by atoms with Gasteiger partial charge in [-0.15, -0.1) is 11.3 Å². The molecule has 0 unspecified atom stereocenters. The van der Waals surface area contributed by atoms with Gasteiger partial charge in [0, 0.05) is 24.3 Å². The number of thiocarbonyl (C=S) groups is 1. The average molecular weight is 299 g/mol. The topological polar surface area (TPSA) is 77.2 Å². The van der Waals surface area contributed by atoms with Crippen LogP contribution in [0.15, 0.2) is 6.20 Å². The summed E-state index contributed by atoms with van der Waals surface area (Å²) in [5.74, 6) is -0.102. The van der Waals surface area contributed by atoms with Gasteiger partial charge in [0.1, 0.15) is 5.41 Å². The molecule has 19 heavy (non-hydrogen) atoms. The number of nitrogens with two attached hydrogens (primary N) is 1. The quantitative estimate of drug-likeness (QED) is 0.816. The highest BCUT2D eigenvalue weighted by Gasteiger charge is 2.42. The Labute approximate surface area is 121 Å². The van der Waals surface area contributed by atoms with E-state index in [1.54, 1.807) is 17.5 Å². The Kier molecular flexibility index (Phi) is 4.49. The highest BCUT2D eigenvalue weighted by atomic mass is 32.1. The van der Waals surface area contributed by atoms with Gasteiger partial charge in [0.25, 0.3) is 0 Å². The summed E-state index contributed by atoms with van der Waals surface area (Å²) in [5.41, 5.74) is 5.02. The van der Waals surface area contributed by atoms with E-state index in [0.717, 1.165) is 9.88 Å². The monoisotopic (exact) mass is 299 g/mol. The summed E-state index contributed by atoms with van der Waals surface area (Å²) in [4.78, 5) is 17.8. The normalized spacial score (nSPS) is 17.9. The third kappa shape index (κ3) is 3.10. The van der Waals surface area contributed by atoms with Crippen molar-refractivity contribution in [1.82, 2.24) is 10.3 Å². The zero-order chi connectivity index (χ0) is 13.9. The lowest BCUT2D eigenvalue weighted by Gasteiger charge is -2.34. The fraction of sp³-hybridized carbons (Fsp3) is 0.583. The zero-order valence-electron chi connectivity index (χ0n) is 10.8. The summed E-state index contributed by atoms with van der Waals surface area (Å²) >= 11 is 6.66. The fourth-order valence-electron chi connectivity index (χ4n) is 2.13. The van der Waals surface area contributed by atoms with E-state index >= 15 is 0 Å². The lowest BCUT2D eigenvalue weighted by atomic mass is 9.79. The van der Waals surface area contributed by atoms with E-state index in [-0.39, 0.29) is 10.9 Å². The van der Waals surface area contributed by atoms with Gasteiger partial charge < -0.3 is 15.8 Å². The van der Waals surface area contributed by atoms with Gasteiger partial charge in [-0.3, -0.25) is 4.79 Å². The molecule has 7 heteroatoms. The van der Waals surface area contributed by atoms with E-state index in [9.17, 15) is 4.79 Å². The Hall–Kier alpha value is -1.05. The van der Waals surface area contributed by atoms with Gasteiger partial charge in [0.05, 0.1) is 16.5 Å². The lowest BCUT2D eigenvalue weighted by molar-refractivity contribution is -0.131. The number of aryl methyl sites for hydroxylation is 1. The molecule has 0 atom stereocenters. The predicted octanol–water partition coefficient (Wildman–Crippen LogP) is 1.15. The van der Waals surface area contributed by atoms with Crippen LogP contribution >= 0.6 is 23.6 Å². The number of rotatable bonds is 4. The molecule has 0 spiro atoms. The number of hydrogen-bond acceptors (Lipinski definition) is 5. The number of thiazole rings is 1. The lowest BCUT2D eigenvalue weighted by Crippen LogP contribution is -2.51. The molecular weight excluding hydrogens is 282 g/mol. The fourth-order valence-corrected chi connectivity index (χ4v) is 3.16. The first-order valence-electron chi connectivity index (χ1n) is 6.12. The number of amides is 1. The van der Waals surface area contributed by atoms with E-state index in [1.807, 2.05) is 6.92 Å². The molecule has 3 N–H and O–H groups in total. The second-order valence-corrected chi connectivity index (χ2v) is 6.35. The molecule has 1 amide bonds.